The number of para-hydroxylation sites is 1. The number of anilines is 1. The highest BCUT2D eigenvalue weighted by Gasteiger charge is 2.24. The lowest BCUT2D eigenvalue weighted by molar-refractivity contribution is -0.123. The molecule has 0 aliphatic carbocycles. The largest absolute Gasteiger partial charge is 0.484 e. The van der Waals surface area contributed by atoms with Crippen molar-refractivity contribution in [2.24, 2.45) is 0 Å². The molecule has 5 heteroatoms. The minimum absolute atomic E-state index is 0.0136. The van der Waals surface area contributed by atoms with Gasteiger partial charge in [-0.1, -0.05) is 29.8 Å². The molecule has 0 saturated carbocycles. The smallest absolute Gasteiger partial charge is 0.258 e. The van der Waals surface area contributed by atoms with Gasteiger partial charge in [-0.3, -0.25) is 4.79 Å². The highest BCUT2D eigenvalue weighted by atomic mass is 35.5. The van der Waals surface area contributed by atoms with Gasteiger partial charge in [-0.05, 0) is 49.2 Å². The van der Waals surface area contributed by atoms with Crippen LogP contribution in [-0.2, 0) is 4.79 Å². The molecule has 0 bridgehead atoms. The van der Waals surface area contributed by atoms with E-state index in [0.29, 0.717) is 23.4 Å². The molecule has 1 atom stereocenters. The molecule has 2 aromatic rings. The number of rotatable bonds is 6. The molecule has 1 unspecified atom stereocenters. The van der Waals surface area contributed by atoms with Gasteiger partial charge in [0.2, 0.25) is 0 Å². The molecule has 1 saturated heterocycles. The van der Waals surface area contributed by atoms with E-state index in [1.807, 2.05) is 18.2 Å². The number of ether oxygens (including phenoxy) is 1. The fraction of sp³-hybridized carbons (Fsp3) is 0.316. The van der Waals surface area contributed by atoms with Gasteiger partial charge in [-0.25, -0.2) is 0 Å². The lowest BCUT2D eigenvalue weighted by atomic mass is 10.2. The average Bonchev–Trinajstić information content (AvgIpc) is 3.09. The van der Waals surface area contributed by atoms with Crippen LogP contribution in [0.1, 0.15) is 12.8 Å². The molecule has 4 nitrogen and oxygen atoms in total. The van der Waals surface area contributed by atoms with Crippen LogP contribution in [0.25, 0.3) is 0 Å². The van der Waals surface area contributed by atoms with Gasteiger partial charge in [0.1, 0.15) is 5.75 Å². The van der Waals surface area contributed by atoms with E-state index in [2.05, 4.69) is 22.3 Å². The average molecular weight is 345 g/mol. The van der Waals surface area contributed by atoms with Gasteiger partial charge in [0.25, 0.3) is 5.91 Å². The Morgan fingerprint density at radius 3 is 2.67 bits per heavy atom. The number of carbonyl (C=O) groups excluding carboxylic acids is 1. The summed E-state index contributed by atoms with van der Waals surface area (Å²) in [5.74, 6) is 0.534. The second-order valence-electron chi connectivity index (χ2n) is 5.87. The monoisotopic (exact) mass is 344 g/mol. The second-order valence-corrected chi connectivity index (χ2v) is 6.31. The van der Waals surface area contributed by atoms with E-state index in [-0.39, 0.29) is 12.5 Å². The summed E-state index contributed by atoms with van der Waals surface area (Å²) in [7, 11) is 0. The Hall–Kier alpha value is -2.20. The number of benzene rings is 2. The summed E-state index contributed by atoms with van der Waals surface area (Å²) in [5.41, 5.74) is 1.21. The van der Waals surface area contributed by atoms with E-state index in [0.717, 1.165) is 19.4 Å². The third kappa shape index (κ3) is 4.42. The van der Waals surface area contributed by atoms with Gasteiger partial charge < -0.3 is 15.0 Å². The topological polar surface area (TPSA) is 41.6 Å². The maximum absolute atomic E-state index is 12.0. The summed E-state index contributed by atoms with van der Waals surface area (Å²) >= 11 is 5.82. The first-order valence-electron chi connectivity index (χ1n) is 8.19. The second kappa shape index (κ2) is 8.06. The fourth-order valence-electron chi connectivity index (χ4n) is 2.97. The van der Waals surface area contributed by atoms with Crippen LogP contribution in [0.4, 0.5) is 5.69 Å². The molecule has 1 fully saturated rings. The maximum Gasteiger partial charge on any atom is 0.258 e. The standard InChI is InChI=1S/C19H21ClN2O2/c20-15-8-10-18(11-9-15)24-14-19(23)21-13-17-7-4-12-22(17)16-5-2-1-3-6-16/h1-3,5-6,8-11,17H,4,7,12-14H2,(H,21,23). The molecule has 3 rings (SSSR count). The van der Waals surface area contributed by atoms with Gasteiger partial charge in [0.15, 0.2) is 6.61 Å². The lowest BCUT2D eigenvalue weighted by Gasteiger charge is -2.27. The quantitative estimate of drug-likeness (QED) is 0.872. The molecule has 1 aliphatic rings. The number of hydrogen-bond acceptors (Lipinski definition) is 3. The molecule has 1 amide bonds. The molecule has 1 aliphatic heterocycles. The number of hydrogen-bond donors (Lipinski definition) is 1. The summed E-state index contributed by atoms with van der Waals surface area (Å²) in [6, 6.07) is 17.7. The van der Waals surface area contributed by atoms with Crippen molar-refractivity contribution in [1.29, 1.82) is 0 Å². The Bertz CT molecular complexity index is 661. The van der Waals surface area contributed by atoms with Crippen molar-refractivity contribution in [2.45, 2.75) is 18.9 Å². The first-order chi connectivity index (χ1) is 11.7. The van der Waals surface area contributed by atoms with E-state index in [9.17, 15) is 4.79 Å². The van der Waals surface area contributed by atoms with Crippen LogP contribution >= 0.6 is 11.6 Å². The lowest BCUT2D eigenvalue weighted by Crippen LogP contribution is -2.41. The predicted molar refractivity (Wildman–Crippen MR) is 96.8 cm³/mol. The molecular formula is C19H21ClN2O2. The maximum atomic E-state index is 12.0. The fourth-order valence-corrected chi connectivity index (χ4v) is 3.10. The zero-order chi connectivity index (χ0) is 16.8. The van der Waals surface area contributed by atoms with Gasteiger partial charge in [-0.2, -0.15) is 0 Å². The number of halogens is 1. The summed E-state index contributed by atoms with van der Waals surface area (Å²) in [6.45, 7) is 1.68. The van der Waals surface area contributed by atoms with Crippen LogP contribution in [0.2, 0.25) is 5.02 Å². The van der Waals surface area contributed by atoms with E-state index >= 15 is 0 Å². The van der Waals surface area contributed by atoms with Crippen LogP contribution in [0.5, 0.6) is 5.75 Å². The van der Waals surface area contributed by atoms with Gasteiger partial charge in [-0.15, -0.1) is 0 Å². The minimum atomic E-state index is -0.107. The Morgan fingerprint density at radius 1 is 1.17 bits per heavy atom. The SMILES string of the molecule is O=C(COc1ccc(Cl)cc1)NCC1CCCN1c1ccccc1. The molecular weight excluding hydrogens is 324 g/mol. The van der Waals surface area contributed by atoms with Crippen LogP contribution < -0.4 is 15.0 Å². The zero-order valence-electron chi connectivity index (χ0n) is 13.5. The number of amides is 1. The highest BCUT2D eigenvalue weighted by Crippen LogP contribution is 2.24. The predicted octanol–water partition coefficient (Wildman–Crippen LogP) is 3.50. The Labute approximate surface area is 147 Å². The highest BCUT2D eigenvalue weighted by molar-refractivity contribution is 6.30. The Kier molecular flexibility index (Phi) is 5.59. The first-order valence-corrected chi connectivity index (χ1v) is 8.57. The third-order valence-electron chi connectivity index (χ3n) is 4.18. The van der Waals surface area contributed by atoms with Crippen molar-refractivity contribution in [2.75, 3.05) is 24.6 Å². The molecule has 24 heavy (non-hydrogen) atoms. The van der Waals surface area contributed by atoms with Crippen molar-refractivity contribution < 1.29 is 9.53 Å². The van der Waals surface area contributed by atoms with Crippen LogP contribution in [0.15, 0.2) is 54.6 Å². The summed E-state index contributed by atoms with van der Waals surface area (Å²) in [6.07, 6.45) is 2.24. The molecule has 1 N–H and O–H groups in total. The molecule has 0 aromatic heterocycles. The number of nitrogens with one attached hydrogen (secondary N) is 1. The van der Waals surface area contributed by atoms with Crippen LogP contribution in [-0.4, -0.2) is 31.6 Å². The van der Waals surface area contributed by atoms with Crippen LogP contribution in [0, 0.1) is 0 Å². The normalized spacial score (nSPS) is 16.9. The van der Waals surface area contributed by atoms with Crippen molar-refractivity contribution in [3.63, 3.8) is 0 Å². The number of nitrogens with zero attached hydrogens (tertiary/aromatic N) is 1. The summed E-state index contributed by atoms with van der Waals surface area (Å²) in [5, 5.41) is 3.62. The summed E-state index contributed by atoms with van der Waals surface area (Å²) < 4.78 is 5.47. The van der Waals surface area contributed by atoms with Gasteiger partial charge in [0.05, 0.1) is 0 Å². The molecule has 1 heterocycles. The molecule has 0 spiro atoms. The Balaban J connectivity index is 1.46. The van der Waals surface area contributed by atoms with Gasteiger partial charge >= 0.3 is 0 Å². The van der Waals surface area contributed by atoms with Crippen LogP contribution in [0.3, 0.4) is 0 Å². The molecule has 126 valence electrons. The van der Waals surface area contributed by atoms with Gasteiger partial charge in [0, 0.05) is 29.8 Å². The van der Waals surface area contributed by atoms with E-state index in [1.165, 1.54) is 5.69 Å². The molecule has 0 radical (unpaired) electrons. The van der Waals surface area contributed by atoms with Crippen molar-refractivity contribution >= 4 is 23.2 Å². The zero-order valence-corrected chi connectivity index (χ0v) is 14.2. The Morgan fingerprint density at radius 2 is 1.92 bits per heavy atom. The molecule has 2 aromatic carbocycles. The summed E-state index contributed by atoms with van der Waals surface area (Å²) in [4.78, 5) is 14.4. The number of carbonyl (C=O) groups is 1. The van der Waals surface area contributed by atoms with E-state index in [1.54, 1.807) is 24.3 Å². The van der Waals surface area contributed by atoms with E-state index < -0.39 is 0 Å². The van der Waals surface area contributed by atoms with E-state index in [4.69, 9.17) is 16.3 Å². The first kappa shape index (κ1) is 16.7. The third-order valence-corrected chi connectivity index (χ3v) is 4.44. The minimum Gasteiger partial charge on any atom is -0.484 e. The van der Waals surface area contributed by atoms with Crippen molar-refractivity contribution in [3.05, 3.63) is 59.6 Å². The van der Waals surface area contributed by atoms with Crippen molar-refractivity contribution in [3.8, 4) is 5.75 Å². The van der Waals surface area contributed by atoms with Crippen molar-refractivity contribution in [1.82, 2.24) is 5.32 Å².